The Hall–Kier alpha value is -4.85. The predicted molar refractivity (Wildman–Crippen MR) is 141 cm³/mol. The van der Waals surface area contributed by atoms with Crippen molar-refractivity contribution in [1.82, 2.24) is 5.43 Å². The topological polar surface area (TPSA) is 95.5 Å². The summed E-state index contributed by atoms with van der Waals surface area (Å²) in [5.41, 5.74) is 3.78. The molecular weight excluding hydrogens is 472 g/mol. The molecule has 0 fully saturated rings. The van der Waals surface area contributed by atoms with Crippen LogP contribution in [0.5, 0.6) is 23.0 Å². The van der Waals surface area contributed by atoms with Gasteiger partial charge in [-0.05, 0) is 66.2 Å². The van der Waals surface area contributed by atoms with Crippen LogP contribution >= 0.6 is 0 Å². The van der Waals surface area contributed by atoms with E-state index in [1.165, 1.54) is 20.4 Å². The van der Waals surface area contributed by atoms with Crippen LogP contribution in [0.4, 0.5) is 0 Å². The van der Waals surface area contributed by atoms with Crippen LogP contribution in [0.15, 0.2) is 84.0 Å². The van der Waals surface area contributed by atoms with Crippen molar-refractivity contribution < 1.29 is 28.5 Å². The highest BCUT2D eigenvalue weighted by molar-refractivity contribution is 6.04. The van der Waals surface area contributed by atoms with Gasteiger partial charge < -0.3 is 18.9 Å². The third-order valence-electron chi connectivity index (χ3n) is 5.54. The van der Waals surface area contributed by atoms with Gasteiger partial charge in [0.1, 0.15) is 11.5 Å². The molecule has 0 aliphatic heterocycles. The molecule has 0 aliphatic rings. The summed E-state index contributed by atoms with van der Waals surface area (Å²) >= 11 is 0. The Labute approximate surface area is 214 Å². The fourth-order valence-electron chi connectivity index (χ4n) is 3.71. The maximum absolute atomic E-state index is 12.9. The number of nitrogens with one attached hydrogen (secondary N) is 1. The van der Waals surface area contributed by atoms with Gasteiger partial charge in [-0.25, -0.2) is 10.2 Å². The van der Waals surface area contributed by atoms with E-state index in [1.807, 2.05) is 37.3 Å². The minimum absolute atomic E-state index is 0.307. The van der Waals surface area contributed by atoms with Gasteiger partial charge in [0.2, 0.25) is 0 Å². The number of carbonyl (C=O) groups excluding carboxylic acids is 2. The molecule has 0 spiro atoms. The summed E-state index contributed by atoms with van der Waals surface area (Å²) in [5.74, 6) is 0.950. The molecule has 0 heterocycles. The minimum atomic E-state index is -0.526. The van der Waals surface area contributed by atoms with Gasteiger partial charge in [0, 0.05) is 11.1 Å². The van der Waals surface area contributed by atoms with E-state index in [4.69, 9.17) is 18.9 Å². The first-order valence-corrected chi connectivity index (χ1v) is 11.6. The molecule has 4 rings (SSSR count). The molecule has 8 nitrogen and oxygen atoms in total. The average Bonchev–Trinajstić information content (AvgIpc) is 2.94. The van der Waals surface area contributed by atoms with Crippen molar-refractivity contribution in [1.29, 1.82) is 0 Å². The van der Waals surface area contributed by atoms with Gasteiger partial charge in [0.05, 0.1) is 32.6 Å². The van der Waals surface area contributed by atoms with Crippen LogP contribution in [0.25, 0.3) is 10.8 Å². The number of hydrazone groups is 1. The summed E-state index contributed by atoms with van der Waals surface area (Å²) in [4.78, 5) is 25.5. The van der Waals surface area contributed by atoms with Gasteiger partial charge in [0.15, 0.2) is 11.5 Å². The lowest BCUT2D eigenvalue weighted by atomic mass is 10.0. The second kappa shape index (κ2) is 11.7. The molecule has 4 aromatic carbocycles. The van der Waals surface area contributed by atoms with Crippen molar-refractivity contribution >= 4 is 28.9 Å². The van der Waals surface area contributed by atoms with Crippen molar-refractivity contribution in [2.75, 3.05) is 20.8 Å². The largest absolute Gasteiger partial charge is 0.494 e. The second-order valence-electron chi connectivity index (χ2n) is 7.81. The van der Waals surface area contributed by atoms with Crippen molar-refractivity contribution in [3.8, 4) is 23.0 Å². The Balaban J connectivity index is 1.58. The number of methoxy groups -OCH3 is 2. The molecule has 188 valence electrons. The molecule has 0 bridgehead atoms. The highest BCUT2D eigenvalue weighted by atomic mass is 16.5. The van der Waals surface area contributed by atoms with Gasteiger partial charge in [-0.1, -0.05) is 30.3 Å². The molecule has 0 saturated carbocycles. The van der Waals surface area contributed by atoms with E-state index in [0.29, 0.717) is 46.3 Å². The minimum Gasteiger partial charge on any atom is -0.494 e. The van der Waals surface area contributed by atoms with Gasteiger partial charge in [-0.3, -0.25) is 4.79 Å². The zero-order valence-electron chi connectivity index (χ0n) is 20.7. The standard InChI is InChI=1S/C29H26N2O6/c1-4-36-22-13-9-20(10-14-22)29(33)37-25-15-11-19-7-5-6-8-23(19)24(25)18-30-31-28(32)21-12-16-26(34-2)27(17-21)35-3/h5-18H,4H2,1-3H3,(H,31,32)/b30-18+. The Morgan fingerprint density at radius 3 is 2.27 bits per heavy atom. The van der Waals surface area contributed by atoms with E-state index in [0.717, 1.165) is 10.8 Å². The number of ether oxygens (including phenoxy) is 4. The van der Waals surface area contributed by atoms with E-state index in [1.54, 1.807) is 48.5 Å². The van der Waals surface area contributed by atoms with Crippen LogP contribution in [0.1, 0.15) is 33.2 Å². The van der Waals surface area contributed by atoms with Crippen LogP contribution in [0, 0.1) is 0 Å². The summed E-state index contributed by atoms with van der Waals surface area (Å²) in [6, 6.07) is 22.7. The first-order valence-electron chi connectivity index (χ1n) is 11.6. The zero-order chi connectivity index (χ0) is 26.2. The maximum Gasteiger partial charge on any atom is 0.343 e. The maximum atomic E-state index is 12.9. The molecule has 0 atom stereocenters. The van der Waals surface area contributed by atoms with E-state index < -0.39 is 11.9 Å². The summed E-state index contributed by atoms with van der Waals surface area (Å²) < 4.78 is 21.6. The van der Waals surface area contributed by atoms with Crippen molar-refractivity contribution in [3.63, 3.8) is 0 Å². The number of hydrogen-bond donors (Lipinski definition) is 1. The molecule has 0 aromatic heterocycles. The number of hydrogen-bond acceptors (Lipinski definition) is 7. The zero-order valence-corrected chi connectivity index (χ0v) is 20.7. The highest BCUT2D eigenvalue weighted by Gasteiger charge is 2.15. The fourth-order valence-corrected chi connectivity index (χ4v) is 3.71. The average molecular weight is 499 g/mol. The number of amides is 1. The molecule has 37 heavy (non-hydrogen) atoms. The third-order valence-corrected chi connectivity index (χ3v) is 5.54. The lowest BCUT2D eigenvalue weighted by Gasteiger charge is -2.11. The Morgan fingerprint density at radius 2 is 1.54 bits per heavy atom. The summed E-state index contributed by atoms with van der Waals surface area (Å²) in [7, 11) is 3.01. The highest BCUT2D eigenvalue weighted by Crippen LogP contribution is 2.29. The molecule has 1 amide bonds. The number of benzene rings is 4. The monoisotopic (exact) mass is 498 g/mol. The van der Waals surface area contributed by atoms with Gasteiger partial charge >= 0.3 is 5.97 Å². The van der Waals surface area contributed by atoms with Crippen LogP contribution in [0.2, 0.25) is 0 Å². The lowest BCUT2D eigenvalue weighted by Crippen LogP contribution is -2.18. The number of rotatable bonds is 9. The van der Waals surface area contributed by atoms with E-state index >= 15 is 0 Å². The molecule has 8 heteroatoms. The first kappa shape index (κ1) is 25.2. The third kappa shape index (κ3) is 5.87. The molecular formula is C29H26N2O6. The predicted octanol–water partition coefficient (Wildman–Crippen LogP) is 5.24. The summed E-state index contributed by atoms with van der Waals surface area (Å²) in [6.07, 6.45) is 1.46. The molecule has 0 radical (unpaired) electrons. The number of nitrogens with zero attached hydrogens (tertiary/aromatic N) is 1. The van der Waals surface area contributed by atoms with Crippen LogP contribution < -0.4 is 24.4 Å². The molecule has 4 aromatic rings. The van der Waals surface area contributed by atoms with Gasteiger partial charge in [-0.2, -0.15) is 5.10 Å². The second-order valence-corrected chi connectivity index (χ2v) is 7.81. The molecule has 0 aliphatic carbocycles. The summed E-state index contributed by atoms with van der Waals surface area (Å²) in [5, 5.41) is 5.87. The Bertz CT molecular complexity index is 1450. The van der Waals surface area contributed by atoms with Crippen molar-refractivity contribution in [2.24, 2.45) is 5.10 Å². The number of esters is 1. The van der Waals surface area contributed by atoms with Crippen LogP contribution in [-0.4, -0.2) is 38.9 Å². The first-order chi connectivity index (χ1) is 18.0. The fraction of sp³-hybridized carbons (Fsp3) is 0.138. The Kier molecular flexibility index (Phi) is 8.00. The number of fused-ring (bicyclic) bond motifs is 1. The van der Waals surface area contributed by atoms with E-state index in [2.05, 4.69) is 10.5 Å². The van der Waals surface area contributed by atoms with E-state index in [-0.39, 0.29) is 0 Å². The van der Waals surface area contributed by atoms with Crippen LogP contribution in [-0.2, 0) is 0 Å². The van der Waals surface area contributed by atoms with Gasteiger partial charge in [-0.15, -0.1) is 0 Å². The number of carbonyl (C=O) groups is 2. The van der Waals surface area contributed by atoms with E-state index in [9.17, 15) is 9.59 Å². The summed E-state index contributed by atoms with van der Waals surface area (Å²) in [6.45, 7) is 2.42. The van der Waals surface area contributed by atoms with Crippen molar-refractivity contribution in [2.45, 2.75) is 6.92 Å². The molecule has 1 N–H and O–H groups in total. The lowest BCUT2D eigenvalue weighted by molar-refractivity contribution is 0.0734. The smallest absolute Gasteiger partial charge is 0.343 e. The molecule has 0 saturated heterocycles. The normalized spacial score (nSPS) is 10.8. The van der Waals surface area contributed by atoms with Gasteiger partial charge in [0.25, 0.3) is 5.91 Å². The molecule has 0 unspecified atom stereocenters. The quantitative estimate of drug-likeness (QED) is 0.147. The SMILES string of the molecule is CCOc1ccc(C(=O)Oc2ccc3ccccc3c2/C=N/NC(=O)c2ccc(OC)c(OC)c2)cc1. The Morgan fingerprint density at radius 1 is 0.838 bits per heavy atom. The van der Waals surface area contributed by atoms with Crippen molar-refractivity contribution in [3.05, 3.63) is 95.6 Å². The van der Waals surface area contributed by atoms with Crippen LogP contribution in [0.3, 0.4) is 0 Å².